The van der Waals surface area contributed by atoms with Gasteiger partial charge in [-0.05, 0) is 51.0 Å². The van der Waals surface area contributed by atoms with E-state index in [4.69, 9.17) is 20.7 Å². The Kier molecular flexibility index (Phi) is 5.92. The number of aryl methyl sites for hydroxylation is 2. The van der Waals surface area contributed by atoms with Crippen molar-refractivity contribution >= 4 is 38.5 Å². The molecular formula is C28H28N10O3S2. The van der Waals surface area contributed by atoms with Gasteiger partial charge in [0.05, 0.1) is 29.5 Å². The van der Waals surface area contributed by atoms with Crippen molar-refractivity contribution in [3.8, 4) is 21.8 Å². The molecule has 8 rings (SSSR count). The predicted molar refractivity (Wildman–Crippen MR) is 158 cm³/mol. The van der Waals surface area contributed by atoms with E-state index in [-0.39, 0.29) is 40.3 Å². The zero-order valence-corrected chi connectivity index (χ0v) is 24.9. The minimum absolute atomic E-state index is 0.000573. The molecule has 3 atom stereocenters. The van der Waals surface area contributed by atoms with Crippen LogP contribution < -0.4 is 5.73 Å². The molecule has 15 heteroatoms. The number of nitrogens with one attached hydrogen (secondary N) is 1. The van der Waals surface area contributed by atoms with Gasteiger partial charge < -0.3 is 10.6 Å². The van der Waals surface area contributed by atoms with Crippen LogP contribution in [0.2, 0.25) is 0 Å². The lowest BCUT2D eigenvalue weighted by molar-refractivity contribution is 0.0562. The molecule has 0 spiro atoms. The summed E-state index contributed by atoms with van der Waals surface area (Å²) in [5.74, 6) is -0.336. The van der Waals surface area contributed by atoms with Crippen LogP contribution in [0.4, 0.5) is 5.82 Å². The number of piperidine rings is 1. The van der Waals surface area contributed by atoms with Crippen LogP contribution in [0.25, 0.3) is 27.5 Å². The predicted octanol–water partition coefficient (Wildman–Crippen LogP) is 3.06. The van der Waals surface area contributed by atoms with E-state index in [2.05, 4.69) is 20.5 Å². The fraction of sp³-hybridized carbons (Fsp3) is 0.393. The highest BCUT2D eigenvalue weighted by Gasteiger charge is 2.46. The maximum absolute atomic E-state index is 13.2. The second-order valence-corrected chi connectivity index (χ2v) is 14.6. The molecule has 0 saturated carbocycles. The number of sulfone groups is 1. The summed E-state index contributed by atoms with van der Waals surface area (Å²) >= 11 is 1.70. The van der Waals surface area contributed by atoms with Gasteiger partial charge in [-0.15, -0.1) is 11.3 Å². The molecule has 5 aromatic heterocycles. The average Bonchev–Trinajstić information content (AvgIpc) is 3.81. The van der Waals surface area contributed by atoms with Crippen molar-refractivity contribution < 1.29 is 13.2 Å². The van der Waals surface area contributed by atoms with Crippen LogP contribution in [0.3, 0.4) is 0 Å². The van der Waals surface area contributed by atoms with Gasteiger partial charge in [-0.25, -0.2) is 18.4 Å². The van der Waals surface area contributed by atoms with Gasteiger partial charge in [0, 0.05) is 46.5 Å². The number of fused-ring (bicyclic) bond motifs is 4. The van der Waals surface area contributed by atoms with Crippen LogP contribution in [0, 0.1) is 0 Å². The summed E-state index contributed by atoms with van der Waals surface area (Å²) < 4.78 is 27.6. The van der Waals surface area contributed by atoms with E-state index in [1.165, 1.54) is 21.3 Å². The number of amides is 1. The first-order valence-electron chi connectivity index (χ1n) is 14.3. The van der Waals surface area contributed by atoms with Crippen molar-refractivity contribution in [2.75, 3.05) is 12.0 Å². The maximum Gasteiger partial charge on any atom is 0.276 e. The topological polar surface area (TPSA) is 178 Å². The highest BCUT2D eigenvalue weighted by atomic mass is 32.2. The first-order valence-corrected chi connectivity index (χ1v) is 17.0. The van der Waals surface area contributed by atoms with Gasteiger partial charge in [0.25, 0.3) is 5.91 Å². The van der Waals surface area contributed by atoms with E-state index in [1.807, 2.05) is 17.0 Å². The summed E-state index contributed by atoms with van der Waals surface area (Å²) in [6.07, 6.45) is 12.1. The molecule has 1 unspecified atom stereocenters. The molecule has 13 nitrogen and oxygen atoms in total. The molecule has 2 bridgehead atoms. The van der Waals surface area contributed by atoms with Gasteiger partial charge in [-0.3, -0.25) is 9.78 Å². The zero-order valence-electron chi connectivity index (χ0n) is 23.3. The van der Waals surface area contributed by atoms with Crippen molar-refractivity contribution in [1.29, 1.82) is 0 Å². The number of H-pyrrole nitrogens is 1. The normalized spacial score (nSPS) is 21.5. The lowest BCUT2D eigenvalue weighted by Crippen LogP contribution is -2.46. The Morgan fingerprint density at radius 3 is 2.58 bits per heavy atom. The van der Waals surface area contributed by atoms with E-state index in [0.29, 0.717) is 29.7 Å². The van der Waals surface area contributed by atoms with Crippen molar-refractivity contribution in [2.45, 2.75) is 67.8 Å². The molecule has 2 fully saturated rings. The lowest BCUT2D eigenvalue weighted by Gasteiger charge is -2.38. The Morgan fingerprint density at radius 2 is 1.91 bits per heavy atom. The second kappa shape index (κ2) is 9.64. The molecular weight excluding hydrogens is 589 g/mol. The Morgan fingerprint density at radius 1 is 1.09 bits per heavy atom. The molecule has 43 heavy (non-hydrogen) atoms. The number of hydrogen-bond acceptors (Lipinski definition) is 11. The highest BCUT2D eigenvalue weighted by molar-refractivity contribution is 7.91. The molecule has 0 aromatic carbocycles. The van der Waals surface area contributed by atoms with Crippen LogP contribution in [0.5, 0.6) is 0 Å². The first kappa shape index (κ1) is 26.4. The molecule has 7 heterocycles. The lowest BCUT2D eigenvalue weighted by atomic mass is 9.87. The van der Waals surface area contributed by atoms with E-state index in [1.54, 1.807) is 23.7 Å². The summed E-state index contributed by atoms with van der Waals surface area (Å²) in [5.41, 5.74) is 11.2. The number of nitrogen functional groups attached to an aromatic ring is 1. The van der Waals surface area contributed by atoms with E-state index >= 15 is 0 Å². The molecule has 220 valence electrons. The van der Waals surface area contributed by atoms with Crippen molar-refractivity contribution in [2.24, 2.45) is 0 Å². The second-order valence-electron chi connectivity index (χ2n) is 11.6. The maximum atomic E-state index is 13.2. The number of nitrogens with two attached hydrogens (primary N) is 1. The van der Waals surface area contributed by atoms with E-state index in [0.717, 1.165) is 54.6 Å². The van der Waals surface area contributed by atoms with Gasteiger partial charge >= 0.3 is 0 Å². The molecule has 5 aromatic rings. The number of nitrogens with zero attached hydrogens (tertiary/aromatic N) is 8. The summed E-state index contributed by atoms with van der Waals surface area (Å²) in [5, 5.41) is 15.6. The van der Waals surface area contributed by atoms with Crippen LogP contribution in [0.15, 0.2) is 35.6 Å². The summed E-state index contributed by atoms with van der Waals surface area (Å²) in [7, 11) is -3.74. The number of pyridine rings is 1. The zero-order chi connectivity index (χ0) is 29.5. The molecule has 0 radical (unpaired) electrons. The van der Waals surface area contributed by atoms with Crippen LogP contribution in [0.1, 0.15) is 64.8 Å². The third-order valence-corrected chi connectivity index (χ3v) is 11.3. The Hall–Kier alpha value is -4.24. The van der Waals surface area contributed by atoms with Crippen LogP contribution in [-0.4, -0.2) is 77.5 Å². The van der Waals surface area contributed by atoms with Gasteiger partial charge in [-0.1, -0.05) is 6.07 Å². The summed E-state index contributed by atoms with van der Waals surface area (Å²) in [4.78, 5) is 30.9. The number of hydrogen-bond donors (Lipinski definition) is 2. The monoisotopic (exact) mass is 616 g/mol. The number of carbonyl (C=O) groups excluding carboxylic acids is 1. The molecule has 2 saturated heterocycles. The summed E-state index contributed by atoms with van der Waals surface area (Å²) in [6, 6.07) is 3.78. The van der Waals surface area contributed by atoms with Gasteiger partial charge in [0.2, 0.25) is 0 Å². The largest absolute Gasteiger partial charge is 0.382 e. The number of aromatic nitrogens is 8. The number of anilines is 1. The van der Waals surface area contributed by atoms with Crippen molar-refractivity contribution in [1.82, 2.24) is 44.9 Å². The number of thiazole rings is 1. The quantitative estimate of drug-likeness (QED) is 0.298. The number of carbonyl (C=O) groups is 1. The fourth-order valence-electron chi connectivity index (χ4n) is 7.03. The van der Waals surface area contributed by atoms with E-state index in [9.17, 15) is 13.2 Å². The standard InChI is InChI=1S/C28H28N10O3S2/c1-43(40,41)24-23(15-9-16-6-7-17(10-15)37(16)28(39)21-13-31-36-35-21)34-26-18(12-32-38(26)25(24)29)14-5-8-20(30-11-14)27-33-19-3-2-4-22(19)42-27/h5,8,11-13,15-17H,2-4,6-7,9-10,29H2,1H3,(H,31,35,36)/t15?,16-,17+. The Bertz CT molecular complexity index is 1960. The molecule has 2 aliphatic heterocycles. The SMILES string of the molecule is CS(=O)(=O)c1c(C2C[C@H]3CC[C@@H](C2)N3C(=O)c2cn[nH]n2)nc2c(-c3ccc(-c4nc5c(s4)CCC5)nc3)cnn2c1N. The smallest absolute Gasteiger partial charge is 0.276 e. The first-order chi connectivity index (χ1) is 20.8. The Balaban J connectivity index is 1.17. The molecule has 3 aliphatic rings. The van der Waals surface area contributed by atoms with Gasteiger partial charge in [-0.2, -0.15) is 25.0 Å². The third-order valence-electron chi connectivity index (χ3n) is 8.91. The van der Waals surface area contributed by atoms with Crippen molar-refractivity contribution in [3.63, 3.8) is 0 Å². The number of rotatable bonds is 5. The number of aromatic amines is 1. The molecule has 1 amide bonds. The highest BCUT2D eigenvalue weighted by Crippen LogP contribution is 2.46. The summed E-state index contributed by atoms with van der Waals surface area (Å²) in [6.45, 7) is 0. The third kappa shape index (κ3) is 4.24. The van der Waals surface area contributed by atoms with Gasteiger partial charge in [0.15, 0.2) is 21.2 Å². The van der Waals surface area contributed by atoms with Gasteiger partial charge in [0.1, 0.15) is 15.7 Å². The van der Waals surface area contributed by atoms with Crippen molar-refractivity contribution in [3.05, 3.63) is 52.7 Å². The minimum atomic E-state index is -3.74. The molecule has 1 aliphatic carbocycles. The fourth-order valence-corrected chi connectivity index (χ4v) is 9.21. The van der Waals surface area contributed by atoms with Crippen LogP contribution >= 0.6 is 11.3 Å². The Labute approximate surface area is 250 Å². The molecule has 3 N–H and O–H groups in total. The van der Waals surface area contributed by atoms with Crippen LogP contribution in [-0.2, 0) is 22.7 Å². The van der Waals surface area contributed by atoms with E-state index < -0.39 is 9.84 Å². The minimum Gasteiger partial charge on any atom is -0.382 e. The average molecular weight is 617 g/mol.